The highest BCUT2D eigenvalue weighted by Crippen LogP contribution is 2.32. The number of alkyl halides is 3. The lowest BCUT2D eigenvalue weighted by Crippen LogP contribution is -2.14. The number of carbonyl (C=O) groups excluding carboxylic acids is 1. The van der Waals surface area contributed by atoms with Gasteiger partial charge in [-0.15, -0.1) is 16.9 Å². The van der Waals surface area contributed by atoms with Crippen LogP contribution in [0.5, 0.6) is 0 Å². The van der Waals surface area contributed by atoms with Gasteiger partial charge in [0.25, 0.3) is 5.91 Å². The van der Waals surface area contributed by atoms with Crippen molar-refractivity contribution in [2.75, 3.05) is 11.1 Å². The predicted molar refractivity (Wildman–Crippen MR) is 90.3 cm³/mol. The number of halogens is 3. The third-order valence-corrected chi connectivity index (χ3v) is 4.39. The van der Waals surface area contributed by atoms with Gasteiger partial charge in [-0.3, -0.25) is 4.79 Å². The topological polar surface area (TPSA) is 72.7 Å². The highest BCUT2D eigenvalue weighted by Gasteiger charge is 2.27. The number of nitrogens with zero attached hydrogens (tertiary/aromatic N) is 4. The molecule has 0 saturated heterocycles. The molecule has 26 heavy (non-hydrogen) atoms. The summed E-state index contributed by atoms with van der Waals surface area (Å²) in [6.07, 6.45) is -2.90. The molecule has 10 heteroatoms. The van der Waals surface area contributed by atoms with Crippen LogP contribution < -0.4 is 5.32 Å². The van der Waals surface area contributed by atoms with Gasteiger partial charge in [0, 0.05) is 10.5 Å². The number of aromatic nitrogens is 4. The smallest absolute Gasteiger partial charge is 0.321 e. The normalized spacial score (nSPS) is 11.3. The first-order chi connectivity index (χ1) is 12.4. The molecule has 1 heterocycles. The van der Waals surface area contributed by atoms with Gasteiger partial charge in [0.05, 0.1) is 17.1 Å². The van der Waals surface area contributed by atoms with Crippen LogP contribution in [-0.4, -0.2) is 38.0 Å². The Hall–Kier alpha value is -2.88. The van der Waals surface area contributed by atoms with E-state index in [0.29, 0.717) is 33.6 Å². The van der Waals surface area contributed by atoms with E-state index in [9.17, 15) is 18.0 Å². The van der Waals surface area contributed by atoms with Crippen molar-refractivity contribution >= 4 is 23.4 Å². The summed E-state index contributed by atoms with van der Waals surface area (Å²) < 4.78 is 38.8. The molecule has 0 aliphatic carbocycles. The number of rotatable bonds is 5. The van der Waals surface area contributed by atoms with Gasteiger partial charge < -0.3 is 5.32 Å². The molecule has 0 atom stereocenters. The van der Waals surface area contributed by atoms with Crippen molar-refractivity contribution < 1.29 is 18.0 Å². The van der Waals surface area contributed by atoms with E-state index in [0.717, 1.165) is 0 Å². The summed E-state index contributed by atoms with van der Waals surface area (Å²) in [5.74, 6) is -1.48. The number of tetrazole rings is 1. The van der Waals surface area contributed by atoms with Crippen LogP contribution in [0, 0.1) is 0 Å². The van der Waals surface area contributed by atoms with Crippen molar-refractivity contribution in [3.63, 3.8) is 0 Å². The molecule has 0 saturated carbocycles. The lowest BCUT2D eigenvalue weighted by molar-refractivity contribution is -0.105. The minimum absolute atomic E-state index is 0.319. The van der Waals surface area contributed by atoms with Gasteiger partial charge in [-0.1, -0.05) is 18.2 Å². The molecule has 0 spiro atoms. The van der Waals surface area contributed by atoms with Gasteiger partial charge >= 0.3 is 6.18 Å². The first-order valence-electron chi connectivity index (χ1n) is 7.36. The fourth-order valence-electron chi connectivity index (χ4n) is 2.12. The van der Waals surface area contributed by atoms with Crippen LogP contribution in [0.15, 0.2) is 59.8 Å². The van der Waals surface area contributed by atoms with E-state index < -0.39 is 17.8 Å². The van der Waals surface area contributed by atoms with Crippen LogP contribution in [0.1, 0.15) is 10.4 Å². The lowest BCUT2D eigenvalue weighted by atomic mass is 10.2. The number of thioether (sulfide) groups is 1. The van der Waals surface area contributed by atoms with E-state index in [-0.39, 0.29) is 0 Å². The standard InChI is InChI=1S/C16H12F3N5OS/c17-16(18,19)9-26-14-7-2-1-6-13(14)21-15(25)11-4-3-5-12(8-11)24-10-20-22-23-24/h1-8,10H,9H2,(H,21,25). The highest BCUT2D eigenvalue weighted by molar-refractivity contribution is 7.99. The molecule has 6 nitrogen and oxygen atoms in total. The van der Waals surface area contributed by atoms with Gasteiger partial charge in [0.1, 0.15) is 6.33 Å². The molecular formula is C16H12F3N5OS. The van der Waals surface area contributed by atoms with E-state index in [2.05, 4.69) is 20.8 Å². The maximum Gasteiger partial charge on any atom is 0.398 e. The van der Waals surface area contributed by atoms with Crippen molar-refractivity contribution in [2.45, 2.75) is 11.1 Å². The summed E-state index contributed by atoms with van der Waals surface area (Å²) in [6, 6.07) is 12.9. The number of nitrogens with one attached hydrogen (secondary N) is 1. The second-order valence-corrected chi connectivity index (χ2v) is 6.18. The number of hydrogen-bond donors (Lipinski definition) is 1. The molecule has 0 aliphatic rings. The first-order valence-corrected chi connectivity index (χ1v) is 8.34. The Labute approximate surface area is 150 Å². The molecule has 0 radical (unpaired) electrons. The SMILES string of the molecule is O=C(Nc1ccccc1SCC(F)(F)F)c1cccc(-n2cnnn2)c1. The third-order valence-electron chi connectivity index (χ3n) is 3.25. The van der Waals surface area contributed by atoms with Gasteiger partial charge in [-0.25, -0.2) is 4.68 Å². The Morgan fingerprint density at radius 3 is 2.69 bits per heavy atom. The van der Waals surface area contributed by atoms with Crippen LogP contribution in [0.3, 0.4) is 0 Å². The summed E-state index contributed by atoms with van der Waals surface area (Å²) in [5.41, 5.74) is 1.23. The number of carbonyl (C=O) groups is 1. The molecule has 0 bridgehead atoms. The summed E-state index contributed by atoms with van der Waals surface area (Å²) >= 11 is 0.622. The molecule has 0 unspecified atom stereocenters. The summed E-state index contributed by atoms with van der Waals surface area (Å²) in [4.78, 5) is 12.8. The van der Waals surface area contributed by atoms with Gasteiger partial charge in [0.15, 0.2) is 0 Å². The van der Waals surface area contributed by atoms with Crippen LogP contribution >= 0.6 is 11.8 Å². The van der Waals surface area contributed by atoms with Gasteiger partial charge in [-0.05, 0) is 40.8 Å². The van der Waals surface area contributed by atoms with Crippen LogP contribution in [0.2, 0.25) is 0 Å². The summed E-state index contributed by atoms with van der Waals surface area (Å²) in [5, 5.41) is 13.5. The zero-order valence-corrected chi connectivity index (χ0v) is 14.0. The monoisotopic (exact) mass is 379 g/mol. The average molecular weight is 379 g/mol. The van der Waals surface area contributed by atoms with Crippen LogP contribution in [-0.2, 0) is 0 Å². The fraction of sp³-hybridized carbons (Fsp3) is 0.125. The molecule has 134 valence electrons. The zero-order valence-electron chi connectivity index (χ0n) is 13.1. The largest absolute Gasteiger partial charge is 0.398 e. The molecule has 3 aromatic rings. The molecular weight excluding hydrogens is 367 g/mol. The van der Waals surface area contributed by atoms with Crippen molar-refractivity contribution in [1.29, 1.82) is 0 Å². The summed E-state index contributed by atoms with van der Waals surface area (Å²) in [6.45, 7) is 0. The Morgan fingerprint density at radius 1 is 1.15 bits per heavy atom. The summed E-state index contributed by atoms with van der Waals surface area (Å²) in [7, 11) is 0. The average Bonchev–Trinajstić information content (AvgIpc) is 3.15. The second-order valence-electron chi connectivity index (χ2n) is 5.16. The van der Waals surface area contributed by atoms with Crippen molar-refractivity contribution in [1.82, 2.24) is 20.2 Å². The quantitative estimate of drug-likeness (QED) is 0.686. The Balaban J connectivity index is 1.77. The second kappa shape index (κ2) is 7.56. The van der Waals surface area contributed by atoms with E-state index in [1.165, 1.54) is 17.1 Å². The number of benzene rings is 2. The van der Waals surface area contributed by atoms with Crippen molar-refractivity contribution in [3.8, 4) is 5.69 Å². The molecule has 0 fully saturated rings. The van der Waals surface area contributed by atoms with Crippen LogP contribution in [0.25, 0.3) is 5.69 Å². The maximum absolute atomic E-state index is 12.5. The lowest BCUT2D eigenvalue weighted by Gasteiger charge is -2.12. The van der Waals surface area contributed by atoms with E-state index in [1.807, 2.05) is 0 Å². The van der Waals surface area contributed by atoms with E-state index in [4.69, 9.17) is 0 Å². The third kappa shape index (κ3) is 4.60. The molecule has 2 aromatic carbocycles. The highest BCUT2D eigenvalue weighted by atomic mass is 32.2. The Morgan fingerprint density at radius 2 is 1.96 bits per heavy atom. The number of anilines is 1. The molecule has 0 aliphatic heterocycles. The number of para-hydroxylation sites is 1. The maximum atomic E-state index is 12.5. The number of hydrogen-bond acceptors (Lipinski definition) is 5. The van der Waals surface area contributed by atoms with Crippen molar-refractivity contribution in [2.24, 2.45) is 0 Å². The Bertz CT molecular complexity index is 899. The molecule has 1 N–H and O–H groups in total. The first kappa shape index (κ1) is 17.9. The number of amides is 1. The predicted octanol–water partition coefficient (Wildman–Crippen LogP) is 3.57. The van der Waals surface area contributed by atoms with Gasteiger partial charge in [0.2, 0.25) is 0 Å². The van der Waals surface area contributed by atoms with Gasteiger partial charge in [-0.2, -0.15) is 13.2 Å². The molecule has 3 rings (SSSR count). The minimum atomic E-state index is -4.29. The Kier molecular flexibility index (Phi) is 5.21. The van der Waals surface area contributed by atoms with E-state index in [1.54, 1.807) is 42.5 Å². The van der Waals surface area contributed by atoms with E-state index >= 15 is 0 Å². The van der Waals surface area contributed by atoms with Crippen LogP contribution in [0.4, 0.5) is 18.9 Å². The fourth-order valence-corrected chi connectivity index (χ4v) is 2.89. The minimum Gasteiger partial charge on any atom is -0.321 e. The molecule has 1 amide bonds. The zero-order chi connectivity index (χ0) is 18.6. The molecule has 1 aromatic heterocycles. The van der Waals surface area contributed by atoms with Crippen molar-refractivity contribution in [3.05, 3.63) is 60.4 Å².